The normalized spacial score (nSPS) is 13.4. The van der Waals surface area contributed by atoms with E-state index in [-0.39, 0.29) is 0 Å². The molecular weight excluding hydrogens is 401 g/mol. The van der Waals surface area contributed by atoms with Crippen LogP contribution in [0.15, 0.2) is 24.5 Å². The van der Waals surface area contributed by atoms with Crippen molar-refractivity contribution in [2.75, 3.05) is 0 Å². The number of rotatable bonds is 0. The Morgan fingerprint density at radius 2 is 1.36 bits per heavy atom. The summed E-state index contributed by atoms with van der Waals surface area (Å²) in [7, 11) is 25.2. The molecule has 0 fully saturated rings. The molecule has 1 heterocycles. The van der Waals surface area contributed by atoms with Crippen LogP contribution >= 0.6 is 44.1 Å². The van der Waals surface area contributed by atoms with Crippen LogP contribution in [0.2, 0.25) is 0 Å². The Morgan fingerprint density at radius 1 is 1.07 bits per heavy atom. The molecule has 0 aliphatic rings. The van der Waals surface area contributed by atoms with E-state index in [9.17, 15) is 0 Å². The molecule has 0 spiro atoms. The van der Waals surface area contributed by atoms with Gasteiger partial charge < -0.3 is 0 Å². The minimum absolute atomic E-state index is 1.02. The molecule has 0 atom stereocenters. The Kier molecular flexibility index (Phi) is 6.00. The fourth-order valence-electron chi connectivity index (χ4n) is 0.493. The van der Waals surface area contributed by atoms with E-state index >= 15 is 0 Å². The van der Waals surface area contributed by atoms with Gasteiger partial charge in [-0.1, -0.05) is 0 Å². The molecule has 8 heteroatoms. The Hall–Kier alpha value is 1.22. The first kappa shape index (κ1) is 15.2. The maximum absolute atomic E-state index is 8.67. The van der Waals surface area contributed by atoms with Crippen molar-refractivity contribution in [1.82, 2.24) is 0 Å². The molecule has 82 valence electrons. The van der Waals surface area contributed by atoms with E-state index in [1.807, 2.05) is 19.1 Å². The van der Waals surface area contributed by atoms with Crippen LogP contribution in [-0.4, -0.2) is 16.9 Å². The van der Waals surface area contributed by atoms with E-state index in [1.165, 1.54) is 0 Å². The van der Waals surface area contributed by atoms with Gasteiger partial charge >= 0.3 is 55.8 Å². The van der Waals surface area contributed by atoms with E-state index in [4.69, 9.17) is 49.4 Å². The molecule has 0 aliphatic heterocycles. The van der Waals surface area contributed by atoms with Crippen molar-refractivity contribution in [2.24, 2.45) is 0 Å². The second kappa shape index (κ2) is 5.52. The summed E-state index contributed by atoms with van der Waals surface area (Å²) in [6, 6.07) is 3.67. The monoisotopic (exact) mass is 406 g/mol. The van der Waals surface area contributed by atoms with Crippen LogP contribution in [0.5, 0.6) is 0 Å². The number of hydrogen-bond donors (Lipinski definition) is 1. The van der Waals surface area contributed by atoms with Gasteiger partial charge in [0.25, 0.3) is 0 Å². The first-order chi connectivity index (χ1) is 6.02. The minimum atomic E-state index is -4.33. The second-order valence-electron chi connectivity index (χ2n) is 2.39. The molecule has 1 aromatic heterocycles. The van der Waals surface area contributed by atoms with Gasteiger partial charge in [-0.05, 0) is 12.5 Å². The van der Waals surface area contributed by atoms with Gasteiger partial charge in [-0.3, -0.25) is 5.21 Å². The predicted molar refractivity (Wildman–Crippen MR) is 63.6 cm³/mol. The Bertz CT molecular complexity index is 255. The predicted octanol–water partition coefficient (Wildman–Crippen LogP) is 3.59. The molecular formula is C6H8Cl5NOSb+. The first-order valence-electron chi connectivity index (χ1n) is 3.31. The van der Waals surface area contributed by atoms with Gasteiger partial charge in [0.2, 0.25) is 12.4 Å². The fourth-order valence-corrected chi connectivity index (χ4v) is 0.493. The standard InChI is InChI=1S/C6H8NO.5ClH.Sb/c1-6-2-4-7(8)5-3-6;;;;;;/h2-5,8H,1H3;5*1H;/q+1;;;;;;+5/p-5. The zero-order valence-electron chi connectivity index (χ0n) is 7.04. The van der Waals surface area contributed by atoms with Crippen molar-refractivity contribution < 1.29 is 9.94 Å². The van der Waals surface area contributed by atoms with Crippen molar-refractivity contribution in [1.29, 1.82) is 0 Å². The van der Waals surface area contributed by atoms with Crippen molar-refractivity contribution in [3.05, 3.63) is 30.1 Å². The van der Waals surface area contributed by atoms with Crippen molar-refractivity contribution in [3.63, 3.8) is 0 Å². The van der Waals surface area contributed by atoms with E-state index in [2.05, 4.69) is 0 Å². The summed E-state index contributed by atoms with van der Waals surface area (Å²) in [6.07, 6.45) is 3.19. The van der Waals surface area contributed by atoms with Crippen LogP contribution < -0.4 is 4.73 Å². The third kappa shape index (κ3) is 15.7. The number of pyridine rings is 1. The fraction of sp³-hybridized carbons (Fsp3) is 0.167. The molecule has 0 aromatic carbocycles. The summed E-state index contributed by atoms with van der Waals surface area (Å²) in [5.41, 5.74) is 1.15. The van der Waals surface area contributed by atoms with Gasteiger partial charge in [0.15, 0.2) is 0 Å². The van der Waals surface area contributed by atoms with Gasteiger partial charge in [0.1, 0.15) is 0 Å². The van der Waals surface area contributed by atoms with E-state index in [0.29, 0.717) is 0 Å². The molecule has 1 aromatic rings. The van der Waals surface area contributed by atoms with Gasteiger partial charge in [-0.15, -0.1) is 0 Å². The van der Waals surface area contributed by atoms with Crippen molar-refractivity contribution >= 4 is 55.8 Å². The van der Waals surface area contributed by atoms with E-state index in [0.717, 1.165) is 10.3 Å². The molecule has 0 radical (unpaired) electrons. The number of aromatic nitrogens is 1. The Labute approximate surface area is 102 Å². The van der Waals surface area contributed by atoms with Crippen LogP contribution in [0.3, 0.4) is 0 Å². The third-order valence-corrected chi connectivity index (χ3v) is 0.980. The SMILES string of the molecule is Cc1cc[n+](O)cc1.[Cl][Sb]([Cl])([Cl])([Cl])[Cl]. The molecule has 0 saturated heterocycles. The van der Waals surface area contributed by atoms with Crippen LogP contribution in [0, 0.1) is 6.92 Å². The maximum atomic E-state index is 8.67. The van der Waals surface area contributed by atoms with Gasteiger partial charge in [0.05, 0.1) is 0 Å². The number of hydrogen-bond acceptors (Lipinski definition) is 1. The summed E-state index contributed by atoms with van der Waals surface area (Å²) in [5, 5.41) is 8.67. The van der Waals surface area contributed by atoms with Crippen LogP contribution in [0.4, 0.5) is 0 Å². The number of nitrogens with zero attached hydrogens (tertiary/aromatic N) is 1. The van der Waals surface area contributed by atoms with Crippen LogP contribution in [-0.2, 0) is 0 Å². The van der Waals surface area contributed by atoms with Gasteiger partial charge in [-0.25, -0.2) is 0 Å². The summed E-state index contributed by atoms with van der Waals surface area (Å²) < 4.78 is 1.02. The van der Waals surface area contributed by atoms with Crippen molar-refractivity contribution in [2.45, 2.75) is 6.92 Å². The first-order valence-corrected chi connectivity index (χ1v) is 19.5. The molecule has 0 bridgehead atoms. The molecule has 0 saturated carbocycles. The Balaban J connectivity index is 0.000000255. The van der Waals surface area contributed by atoms with E-state index < -0.39 is 11.7 Å². The van der Waals surface area contributed by atoms with Crippen LogP contribution in [0.25, 0.3) is 0 Å². The quantitative estimate of drug-likeness (QED) is 0.396. The number of halogens is 5. The van der Waals surface area contributed by atoms with Gasteiger partial charge in [0, 0.05) is 16.9 Å². The summed E-state index contributed by atoms with van der Waals surface area (Å²) in [5.74, 6) is 0. The molecule has 1 N–H and O–H groups in total. The molecule has 1 rings (SSSR count). The molecule has 0 amide bonds. The number of aryl methyl sites for hydroxylation is 1. The topological polar surface area (TPSA) is 24.1 Å². The zero-order chi connectivity index (χ0) is 11.4. The van der Waals surface area contributed by atoms with Crippen LogP contribution in [0.1, 0.15) is 5.56 Å². The molecule has 0 unspecified atom stereocenters. The third-order valence-electron chi connectivity index (χ3n) is 0.980. The summed E-state index contributed by atoms with van der Waals surface area (Å²) in [6.45, 7) is 1.97. The second-order valence-corrected chi connectivity index (χ2v) is 40.3. The van der Waals surface area contributed by atoms with E-state index in [1.54, 1.807) is 12.4 Å². The Morgan fingerprint density at radius 3 is 1.57 bits per heavy atom. The average Bonchev–Trinajstić information content (AvgIpc) is 1.90. The zero-order valence-corrected chi connectivity index (χ0v) is 13.4. The van der Waals surface area contributed by atoms with Gasteiger partial charge in [-0.2, -0.15) is 0 Å². The molecule has 2 nitrogen and oxygen atoms in total. The summed E-state index contributed by atoms with van der Waals surface area (Å²) >= 11 is -4.33. The molecule has 14 heavy (non-hydrogen) atoms. The van der Waals surface area contributed by atoms with Crippen molar-refractivity contribution in [3.8, 4) is 0 Å². The average molecular weight is 409 g/mol. The molecule has 0 aliphatic carbocycles. The summed E-state index contributed by atoms with van der Waals surface area (Å²) in [4.78, 5) is 0.